The van der Waals surface area contributed by atoms with Crippen LogP contribution in [-0.2, 0) is 9.47 Å². The first-order valence-electron chi connectivity index (χ1n) is 3.46. The van der Waals surface area contributed by atoms with Crippen molar-refractivity contribution in [3.63, 3.8) is 0 Å². The maximum atomic E-state index is 12.4. The third-order valence-electron chi connectivity index (χ3n) is 1.21. The van der Waals surface area contributed by atoms with Gasteiger partial charge in [0.1, 0.15) is 0 Å². The van der Waals surface area contributed by atoms with Crippen LogP contribution in [0, 0.1) is 0 Å². The first-order valence-corrected chi connectivity index (χ1v) is 3.46. The molecule has 0 atom stereocenters. The topological polar surface area (TPSA) is 18.5 Å². The van der Waals surface area contributed by atoms with Gasteiger partial charge in [-0.05, 0) is 0 Å². The van der Waals surface area contributed by atoms with Gasteiger partial charge in [-0.25, -0.2) is 4.74 Å². The standard InChI is InChI=1S/C6H3F9O2/c1-2-16-4(9,10)3(7,8)5(11,12)17-6(13,14)15/h2H,1H2. The molecule has 0 aromatic heterocycles. The van der Waals surface area contributed by atoms with E-state index in [0.717, 1.165) is 0 Å². The summed E-state index contributed by atoms with van der Waals surface area (Å²) in [5, 5.41) is 0. The van der Waals surface area contributed by atoms with Gasteiger partial charge in [-0.1, -0.05) is 6.58 Å². The molecule has 0 fully saturated rings. The second-order valence-electron chi connectivity index (χ2n) is 2.44. The van der Waals surface area contributed by atoms with Crippen LogP contribution in [-0.4, -0.2) is 24.5 Å². The molecule has 0 saturated heterocycles. The Labute approximate surface area is 87.6 Å². The van der Waals surface area contributed by atoms with Crippen molar-refractivity contribution in [3.05, 3.63) is 12.8 Å². The minimum Gasteiger partial charge on any atom is -0.436 e. The second-order valence-corrected chi connectivity index (χ2v) is 2.44. The maximum absolute atomic E-state index is 12.4. The van der Waals surface area contributed by atoms with Crippen LogP contribution < -0.4 is 0 Å². The molecule has 2 nitrogen and oxygen atoms in total. The number of ether oxygens (including phenoxy) is 2. The van der Waals surface area contributed by atoms with E-state index < -0.39 is 24.5 Å². The first-order chi connectivity index (χ1) is 7.27. The smallest absolute Gasteiger partial charge is 0.436 e. The van der Waals surface area contributed by atoms with Crippen molar-refractivity contribution >= 4 is 0 Å². The zero-order valence-electron chi connectivity index (χ0n) is 7.50. The Kier molecular flexibility index (Phi) is 3.99. The van der Waals surface area contributed by atoms with Gasteiger partial charge in [0, 0.05) is 0 Å². The monoisotopic (exact) mass is 278 g/mol. The van der Waals surface area contributed by atoms with Crippen LogP contribution in [0.3, 0.4) is 0 Å². The molecule has 0 aromatic carbocycles. The van der Waals surface area contributed by atoms with E-state index in [9.17, 15) is 39.5 Å². The van der Waals surface area contributed by atoms with Gasteiger partial charge in [0.2, 0.25) is 0 Å². The molecule has 0 heterocycles. The van der Waals surface area contributed by atoms with Gasteiger partial charge < -0.3 is 4.74 Å². The Bertz CT molecular complexity index is 282. The summed E-state index contributed by atoms with van der Waals surface area (Å²) in [7, 11) is 0. The highest BCUT2D eigenvalue weighted by molar-refractivity contribution is 4.87. The van der Waals surface area contributed by atoms with E-state index in [0.29, 0.717) is 0 Å². The number of halogens is 9. The van der Waals surface area contributed by atoms with Crippen LogP contribution in [0.4, 0.5) is 39.5 Å². The third kappa shape index (κ3) is 3.41. The predicted molar refractivity (Wildman–Crippen MR) is 33.3 cm³/mol. The Hall–Kier alpha value is -1.13. The minimum atomic E-state index is -6.55. The zero-order valence-corrected chi connectivity index (χ0v) is 7.50. The molecule has 0 amide bonds. The molecule has 0 N–H and O–H groups in total. The lowest BCUT2D eigenvalue weighted by atomic mass is 10.3. The fourth-order valence-electron chi connectivity index (χ4n) is 0.558. The molecule has 17 heavy (non-hydrogen) atoms. The van der Waals surface area contributed by atoms with Crippen molar-refractivity contribution in [2.45, 2.75) is 24.5 Å². The van der Waals surface area contributed by atoms with Gasteiger partial charge in [-0.15, -0.1) is 13.2 Å². The quantitative estimate of drug-likeness (QED) is 0.566. The van der Waals surface area contributed by atoms with E-state index in [1.807, 2.05) is 0 Å². The lowest BCUT2D eigenvalue weighted by Gasteiger charge is -2.30. The van der Waals surface area contributed by atoms with Crippen molar-refractivity contribution in [2.24, 2.45) is 0 Å². The Morgan fingerprint density at radius 1 is 0.765 bits per heavy atom. The molecule has 0 aliphatic carbocycles. The van der Waals surface area contributed by atoms with Gasteiger partial charge in [0.25, 0.3) is 0 Å². The highest BCUT2D eigenvalue weighted by Crippen LogP contribution is 2.48. The average Bonchev–Trinajstić information content (AvgIpc) is 1.98. The van der Waals surface area contributed by atoms with Gasteiger partial charge >= 0.3 is 24.5 Å². The largest absolute Gasteiger partial charge is 0.527 e. The second kappa shape index (κ2) is 4.27. The lowest BCUT2D eigenvalue weighted by molar-refractivity contribution is -0.503. The molecule has 0 bridgehead atoms. The van der Waals surface area contributed by atoms with Crippen molar-refractivity contribution < 1.29 is 49.0 Å². The van der Waals surface area contributed by atoms with Gasteiger partial charge in [-0.3, -0.25) is 0 Å². The fraction of sp³-hybridized carbons (Fsp3) is 0.667. The van der Waals surface area contributed by atoms with Gasteiger partial charge in [0.15, 0.2) is 0 Å². The van der Waals surface area contributed by atoms with Crippen LogP contribution >= 0.6 is 0 Å². The van der Waals surface area contributed by atoms with E-state index in [4.69, 9.17) is 0 Å². The molecule has 11 heteroatoms. The fourth-order valence-corrected chi connectivity index (χ4v) is 0.558. The molecular weight excluding hydrogens is 275 g/mol. The Morgan fingerprint density at radius 2 is 1.18 bits per heavy atom. The van der Waals surface area contributed by atoms with Crippen molar-refractivity contribution in [1.29, 1.82) is 0 Å². The van der Waals surface area contributed by atoms with Gasteiger partial charge in [0.05, 0.1) is 6.26 Å². The van der Waals surface area contributed by atoms with E-state index in [-0.39, 0.29) is 6.26 Å². The first kappa shape index (κ1) is 15.9. The molecule has 0 aliphatic heterocycles. The van der Waals surface area contributed by atoms with Crippen LogP contribution in [0.5, 0.6) is 0 Å². The lowest BCUT2D eigenvalue weighted by Crippen LogP contribution is -2.57. The predicted octanol–water partition coefficient (Wildman–Crippen LogP) is 3.50. The Balaban J connectivity index is 5.21. The van der Waals surface area contributed by atoms with Crippen LogP contribution in [0.15, 0.2) is 12.8 Å². The summed E-state index contributed by atoms with van der Waals surface area (Å²) >= 11 is 0. The number of hydrogen-bond donors (Lipinski definition) is 0. The average molecular weight is 278 g/mol. The summed E-state index contributed by atoms with van der Waals surface area (Å²) in [6.07, 6.45) is -19.0. The molecule has 0 rings (SSSR count). The van der Waals surface area contributed by atoms with Gasteiger partial charge in [-0.2, -0.15) is 26.3 Å². The van der Waals surface area contributed by atoms with E-state index in [1.165, 1.54) is 0 Å². The highest BCUT2D eigenvalue weighted by atomic mass is 19.4. The normalized spacial score (nSPS) is 14.6. The zero-order chi connectivity index (χ0) is 14.1. The van der Waals surface area contributed by atoms with Crippen molar-refractivity contribution in [1.82, 2.24) is 0 Å². The van der Waals surface area contributed by atoms with Crippen LogP contribution in [0.2, 0.25) is 0 Å². The maximum Gasteiger partial charge on any atom is 0.527 e. The van der Waals surface area contributed by atoms with Crippen molar-refractivity contribution in [3.8, 4) is 0 Å². The van der Waals surface area contributed by atoms with Crippen LogP contribution in [0.1, 0.15) is 0 Å². The van der Waals surface area contributed by atoms with E-state index >= 15 is 0 Å². The molecular formula is C6H3F9O2. The molecule has 102 valence electrons. The molecule has 0 spiro atoms. The van der Waals surface area contributed by atoms with E-state index in [2.05, 4.69) is 11.3 Å². The summed E-state index contributed by atoms with van der Waals surface area (Å²) in [6, 6.07) is 0. The summed E-state index contributed by atoms with van der Waals surface area (Å²) in [5.41, 5.74) is 0. The third-order valence-corrected chi connectivity index (χ3v) is 1.21. The van der Waals surface area contributed by atoms with Crippen molar-refractivity contribution in [2.75, 3.05) is 0 Å². The Morgan fingerprint density at radius 3 is 1.47 bits per heavy atom. The SMILES string of the molecule is C=COC(F)(F)C(F)(F)C(F)(F)OC(F)(F)F. The van der Waals surface area contributed by atoms with E-state index in [1.54, 1.807) is 4.74 Å². The molecule has 0 aliphatic rings. The molecule has 0 radical (unpaired) electrons. The number of rotatable bonds is 5. The molecule has 0 saturated carbocycles. The highest BCUT2D eigenvalue weighted by Gasteiger charge is 2.77. The van der Waals surface area contributed by atoms with Crippen LogP contribution in [0.25, 0.3) is 0 Å². The minimum absolute atomic E-state index is 0.336. The summed E-state index contributed by atoms with van der Waals surface area (Å²) in [5.74, 6) is -6.55. The number of alkyl halides is 9. The summed E-state index contributed by atoms with van der Waals surface area (Å²) in [6.45, 7) is 2.37. The number of hydrogen-bond acceptors (Lipinski definition) is 2. The summed E-state index contributed by atoms with van der Waals surface area (Å²) < 4.78 is 112. The summed E-state index contributed by atoms with van der Waals surface area (Å²) in [4.78, 5) is 0. The molecule has 0 unspecified atom stereocenters. The molecule has 0 aromatic rings.